The molecule has 1 aliphatic rings. The van der Waals surface area contributed by atoms with Crippen molar-refractivity contribution in [2.24, 2.45) is 4.99 Å². The van der Waals surface area contributed by atoms with E-state index in [1.165, 1.54) is 25.0 Å². The Morgan fingerprint density at radius 3 is 2.46 bits per heavy atom. The third kappa shape index (κ3) is 8.67. The molecule has 0 amide bonds. The number of guanidine groups is 1. The molecule has 156 valence electrons. The number of aliphatic imine (C=N–C) groups is 1. The maximum absolute atomic E-state index is 10.8. The number of ether oxygens (including phenoxy) is 1. The van der Waals surface area contributed by atoms with E-state index < -0.39 is 0 Å². The number of hydrogen-bond donors (Lipinski definition) is 2. The molecular formula is C20H33N5O3. The normalized spacial score (nSPS) is 15.4. The van der Waals surface area contributed by atoms with Gasteiger partial charge in [0.15, 0.2) is 5.96 Å². The van der Waals surface area contributed by atoms with Crippen molar-refractivity contribution in [1.82, 2.24) is 15.5 Å². The Morgan fingerprint density at radius 2 is 1.82 bits per heavy atom. The van der Waals surface area contributed by atoms with Gasteiger partial charge in [-0.3, -0.25) is 15.0 Å². The topological polar surface area (TPSA) is 92.0 Å². The van der Waals surface area contributed by atoms with Gasteiger partial charge in [0.2, 0.25) is 0 Å². The smallest absolute Gasteiger partial charge is 0.269 e. The lowest BCUT2D eigenvalue weighted by atomic mass is 10.2. The number of hydrogen-bond acceptors (Lipinski definition) is 5. The molecule has 0 aromatic heterocycles. The second-order valence-corrected chi connectivity index (χ2v) is 6.96. The zero-order valence-electron chi connectivity index (χ0n) is 16.9. The van der Waals surface area contributed by atoms with Gasteiger partial charge in [-0.15, -0.1) is 0 Å². The second-order valence-electron chi connectivity index (χ2n) is 6.96. The molecule has 0 atom stereocenters. The predicted molar refractivity (Wildman–Crippen MR) is 112 cm³/mol. The highest BCUT2D eigenvalue weighted by Crippen LogP contribution is 2.12. The number of unbranched alkanes of at least 4 members (excludes halogenated alkanes) is 2. The van der Waals surface area contributed by atoms with Crippen LogP contribution in [-0.2, 0) is 11.3 Å². The number of rotatable bonds is 11. The number of nitrogens with zero attached hydrogens (tertiary/aromatic N) is 3. The Kier molecular flexibility index (Phi) is 10.3. The van der Waals surface area contributed by atoms with E-state index >= 15 is 0 Å². The minimum absolute atomic E-state index is 0.104. The molecule has 8 nitrogen and oxygen atoms in total. The highest BCUT2D eigenvalue weighted by Gasteiger charge is 2.09. The van der Waals surface area contributed by atoms with Gasteiger partial charge < -0.3 is 15.4 Å². The van der Waals surface area contributed by atoms with E-state index in [2.05, 4.69) is 27.4 Å². The molecule has 0 bridgehead atoms. The number of nitrogens with one attached hydrogen (secondary N) is 2. The zero-order chi connectivity index (χ0) is 20.0. The molecule has 28 heavy (non-hydrogen) atoms. The molecule has 0 aliphatic carbocycles. The summed E-state index contributed by atoms with van der Waals surface area (Å²) < 4.78 is 5.38. The van der Waals surface area contributed by atoms with E-state index in [9.17, 15) is 10.1 Å². The summed E-state index contributed by atoms with van der Waals surface area (Å²) in [5, 5.41) is 17.6. The van der Waals surface area contributed by atoms with Crippen molar-refractivity contribution in [2.45, 2.75) is 39.2 Å². The molecule has 8 heteroatoms. The van der Waals surface area contributed by atoms with Gasteiger partial charge in [0.25, 0.3) is 5.69 Å². The first kappa shape index (κ1) is 22.1. The van der Waals surface area contributed by atoms with Crippen LogP contribution in [0.1, 0.15) is 38.2 Å². The van der Waals surface area contributed by atoms with E-state index in [-0.39, 0.29) is 10.6 Å². The van der Waals surface area contributed by atoms with Crippen molar-refractivity contribution in [1.29, 1.82) is 0 Å². The lowest BCUT2D eigenvalue weighted by Gasteiger charge is -2.26. The van der Waals surface area contributed by atoms with Crippen molar-refractivity contribution >= 4 is 11.6 Å². The highest BCUT2D eigenvalue weighted by atomic mass is 16.6. The van der Waals surface area contributed by atoms with Gasteiger partial charge in [-0.1, -0.05) is 31.9 Å². The van der Waals surface area contributed by atoms with Gasteiger partial charge in [-0.25, -0.2) is 4.99 Å². The van der Waals surface area contributed by atoms with Crippen LogP contribution in [0.4, 0.5) is 5.69 Å². The molecule has 0 saturated carbocycles. The first-order valence-electron chi connectivity index (χ1n) is 10.2. The number of morpholine rings is 1. The molecule has 1 aromatic carbocycles. The summed E-state index contributed by atoms with van der Waals surface area (Å²) in [6.07, 6.45) is 4.54. The molecule has 1 aliphatic heterocycles. The van der Waals surface area contributed by atoms with Crippen LogP contribution in [0.3, 0.4) is 0 Å². The second kappa shape index (κ2) is 13.1. The van der Waals surface area contributed by atoms with Crippen molar-refractivity contribution < 1.29 is 9.66 Å². The SMILES string of the molecule is CCCCCNC(=NCc1ccc([N+](=O)[O-])cc1)NCCCN1CCOCC1. The molecule has 0 radical (unpaired) electrons. The van der Waals surface area contributed by atoms with Crippen molar-refractivity contribution in [3.63, 3.8) is 0 Å². The summed E-state index contributed by atoms with van der Waals surface area (Å²) in [4.78, 5) is 17.4. The average molecular weight is 392 g/mol. The first-order valence-corrected chi connectivity index (χ1v) is 10.2. The lowest BCUT2D eigenvalue weighted by Crippen LogP contribution is -2.41. The lowest BCUT2D eigenvalue weighted by molar-refractivity contribution is -0.384. The van der Waals surface area contributed by atoms with Crippen LogP contribution >= 0.6 is 0 Å². The Hall–Kier alpha value is -2.19. The van der Waals surface area contributed by atoms with E-state index in [0.29, 0.717) is 6.54 Å². The van der Waals surface area contributed by atoms with Gasteiger partial charge in [0.1, 0.15) is 0 Å². The van der Waals surface area contributed by atoms with Crippen LogP contribution in [0.15, 0.2) is 29.3 Å². The van der Waals surface area contributed by atoms with E-state index in [1.807, 2.05) is 0 Å². The molecule has 0 unspecified atom stereocenters. The van der Waals surface area contributed by atoms with E-state index in [4.69, 9.17) is 4.74 Å². The third-order valence-corrected chi connectivity index (χ3v) is 4.69. The molecule has 1 saturated heterocycles. The van der Waals surface area contributed by atoms with Crippen LogP contribution in [0.25, 0.3) is 0 Å². The minimum atomic E-state index is -0.385. The average Bonchev–Trinajstić information content (AvgIpc) is 2.72. The standard InChI is InChI=1S/C20H33N5O3/c1-2-3-4-10-21-20(22-11-5-12-24-13-15-28-16-14-24)23-17-18-6-8-19(9-7-18)25(26)27/h6-9H,2-5,10-17H2,1H3,(H2,21,22,23). The fourth-order valence-corrected chi connectivity index (χ4v) is 2.98. The van der Waals surface area contributed by atoms with Gasteiger partial charge in [-0.2, -0.15) is 0 Å². The fourth-order valence-electron chi connectivity index (χ4n) is 2.98. The maximum atomic E-state index is 10.8. The molecular weight excluding hydrogens is 358 g/mol. The van der Waals surface area contributed by atoms with Crippen molar-refractivity contribution in [3.8, 4) is 0 Å². The Bertz CT molecular complexity index is 600. The molecule has 0 spiro atoms. The fraction of sp³-hybridized carbons (Fsp3) is 0.650. The van der Waals surface area contributed by atoms with Crippen molar-refractivity contribution in [2.75, 3.05) is 45.9 Å². The van der Waals surface area contributed by atoms with Crippen LogP contribution in [-0.4, -0.2) is 61.7 Å². The quantitative estimate of drug-likeness (QED) is 0.198. The Labute approximate surface area is 167 Å². The molecule has 1 fully saturated rings. The Morgan fingerprint density at radius 1 is 1.14 bits per heavy atom. The number of non-ortho nitro benzene ring substituents is 1. The maximum Gasteiger partial charge on any atom is 0.269 e. The largest absolute Gasteiger partial charge is 0.379 e. The molecule has 1 aromatic rings. The van der Waals surface area contributed by atoms with Gasteiger partial charge >= 0.3 is 0 Å². The predicted octanol–water partition coefficient (Wildman–Crippen LogP) is 2.54. The summed E-state index contributed by atoms with van der Waals surface area (Å²) in [5.74, 6) is 0.802. The number of nitro groups is 1. The third-order valence-electron chi connectivity index (χ3n) is 4.69. The summed E-state index contributed by atoms with van der Waals surface area (Å²) in [6.45, 7) is 9.16. The van der Waals surface area contributed by atoms with Crippen LogP contribution in [0.5, 0.6) is 0 Å². The van der Waals surface area contributed by atoms with Gasteiger partial charge in [0, 0.05) is 38.3 Å². The van der Waals surface area contributed by atoms with Gasteiger partial charge in [0.05, 0.1) is 24.7 Å². The molecule has 2 rings (SSSR count). The number of nitro benzene ring substituents is 1. The van der Waals surface area contributed by atoms with Crippen molar-refractivity contribution in [3.05, 3.63) is 39.9 Å². The summed E-state index contributed by atoms with van der Waals surface area (Å²) >= 11 is 0. The zero-order valence-corrected chi connectivity index (χ0v) is 16.9. The Balaban J connectivity index is 1.80. The number of benzene rings is 1. The van der Waals surface area contributed by atoms with E-state index in [1.54, 1.807) is 12.1 Å². The van der Waals surface area contributed by atoms with E-state index in [0.717, 1.165) is 70.3 Å². The van der Waals surface area contributed by atoms with Crippen LogP contribution in [0.2, 0.25) is 0 Å². The minimum Gasteiger partial charge on any atom is -0.379 e. The first-order chi connectivity index (χ1) is 13.7. The summed E-state index contributed by atoms with van der Waals surface area (Å²) in [7, 11) is 0. The molecule has 2 N–H and O–H groups in total. The summed E-state index contributed by atoms with van der Waals surface area (Å²) in [6, 6.07) is 6.56. The molecule has 1 heterocycles. The monoisotopic (exact) mass is 391 g/mol. The summed E-state index contributed by atoms with van der Waals surface area (Å²) in [5.41, 5.74) is 1.06. The van der Waals surface area contributed by atoms with Gasteiger partial charge in [-0.05, 0) is 24.9 Å². The highest BCUT2D eigenvalue weighted by molar-refractivity contribution is 5.79. The van der Waals surface area contributed by atoms with Crippen LogP contribution < -0.4 is 10.6 Å². The van der Waals surface area contributed by atoms with Crippen LogP contribution in [0, 0.1) is 10.1 Å².